The smallest absolute Gasteiger partial charge is 0.0705 e. The van der Waals surface area contributed by atoms with Crippen LogP contribution in [0, 0.1) is 0 Å². The molecule has 1 aliphatic rings. The Hall–Kier alpha value is -1.67. The molecule has 0 saturated carbocycles. The molecule has 0 atom stereocenters. The lowest BCUT2D eigenvalue weighted by atomic mass is 10.0. The molecule has 1 aliphatic heterocycles. The van der Waals surface area contributed by atoms with Crippen molar-refractivity contribution in [3.8, 4) is 11.3 Å². The zero-order chi connectivity index (χ0) is 12.2. The molecule has 0 aliphatic carbocycles. The summed E-state index contributed by atoms with van der Waals surface area (Å²) in [7, 11) is 0. The second-order valence-electron chi connectivity index (χ2n) is 4.86. The standard InChI is InChI=1S/C16H18N2/c1-2-8-15(16-9-3-4-10-17-16)14(7-1)13-18-11-5-6-12-18/h1-4,7-10H,5-6,11-13H2. The molecule has 0 amide bonds. The minimum Gasteiger partial charge on any atom is -0.299 e. The minimum absolute atomic E-state index is 1.05. The molecule has 1 saturated heterocycles. The fourth-order valence-electron chi connectivity index (χ4n) is 2.61. The zero-order valence-corrected chi connectivity index (χ0v) is 10.5. The largest absolute Gasteiger partial charge is 0.299 e. The predicted octanol–water partition coefficient (Wildman–Crippen LogP) is 3.34. The van der Waals surface area contributed by atoms with Gasteiger partial charge in [-0.25, -0.2) is 0 Å². The van der Waals surface area contributed by atoms with Gasteiger partial charge in [-0.3, -0.25) is 9.88 Å². The van der Waals surface area contributed by atoms with Crippen molar-refractivity contribution in [2.75, 3.05) is 13.1 Å². The third-order valence-corrected chi connectivity index (χ3v) is 3.55. The number of aromatic nitrogens is 1. The Labute approximate surface area is 108 Å². The van der Waals surface area contributed by atoms with Gasteiger partial charge < -0.3 is 0 Å². The summed E-state index contributed by atoms with van der Waals surface area (Å²) in [5.74, 6) is 0. The molecule has 0 bridgehead atoms. The second-order valence-corrected chi connectivity index (χ2v) is 4.86. The lowest BCUT2D eigenvalue weighted by Crippen LogP contribution is -2.18. The van der Waals surface area contributed by atoms with Gasteiger partial charge in [-0.15, -0.1) is 0 Å². The third-order valence-electron chi connectivity index (χ3n) is 3.55. The van der Waals surface area contributed by atoms with Crippen LogP contribution in [0.5, 0.6) is 0 Å². The zero-order valence-electron chi connectivity index (χ0n) is 10.5. The van der Waals surface area contributed by atoms with Crippen LogP contribution in [-0.2, 0) is 6.54 Å². The SMILES string of the molecule is c1ccc(-c2ccccc2CN2CCCC2)nc1. The molecule has 92 valence electrons. The van der Waals surface area contributed by atoms with Crippen molar-refractivity contribution in [2.45, 2.75) is 19.4 Å². The maximum Gasteiger partial charge on any atom is 0.0705 e. The number of likely N-dealkylation sites (tertiary alicyclic amines) is 1. The number of hydrogen-bond donors (Lipinski definition) is 0. The Morgan fingerprint density at radius 3 is 2.50 bits per heavy atom. The van der Waals surface area contributed by atoms with Gasteiger partial charge in [-0.1, -0.05) is 30.3 Å². The molecule has 2 heteroatoms. The highest BCUT2D eigenvalue weighted by Crippen LogP contribution is 2.23. The Balaban J connectivity index is 1.90. The van der Waals surface area contributed by atoms with Gasteiger partial charge in [0.25, 0.3) is 0 Å². The van der Waals surface area contributed by atoms with E-state index in [2.05, 4.69) is 46.3 Å². The van der Waals surface area contributed by atoms with Gasteiger partial charge >= 0.3 is 0 Å². The van der Waals surface area contributed by atoms with Crippen LogP contribution in [0.25, 0.3) is 11.3 Å². The topological polar surface area (TPSA) is 16.1 Å². The number of hydrogen-bond acceptors (Lipinski definition) is 2. The van der Waals surface area contributed by atoms with Crippen molar-refractivity contribution in [3.05, 3.63) is 54.2 Å². The summed E-state index contributed by atoms with van der Waals surface area (Å²) in [6.07, 6.45) is 4.54. The van der Waals surface area contributed by atoms with Crippen molar-refractivity contribution >= 4 is 0 Å². The van der Waals surface area contributed by atoms with Crippen LogP contribution in [0.2, 0.25) is 0 Å². The van der Waals surface area contributed by atoms with Crippen molar-refractivity contribution in [3.63, 3.8) is 0 Å². The van der Waals surface area contributed by atoms with Crippen molar-refractivity contribution in [1.29, 1.82) is 0 Å². The fraction of sp³-hybridized carbons (Fsp3) is 0.312. The quantitative estimate of drug-likeness (QED) is 0.815. The average Bonchev–Trinajstić information content (AvgIpc) is 2.93. The van der Waals surface area contributed by atoms with E-state index < -0.39 is 0 Å². The first-order chi connectivity index (χ1) is 8.93. The van der Waals surface area contributed by atoms with E-state index in [0.717, 1.165) is 12.2 Å². The lowest BCUT2D eigenvalue weighted by molar-refractivity contribution is 0.332. The minimum atomic E-state index is 1.05. The predicted molar refractivity (Wildman–Crippen MR) is 74.2 cm³/mol. The van der Waals surface area contributed by atoms with Gasteiger partial charge in [0.1, 0.15) is 0 Å². The number of nitrogens with zero attached hydrogens (tertiary/aromatic N) is 2. The van der Waals surface area contributed by atoms with Crippen LogP contribution in [0.1, 0.15) is 18.4 Å². The summed E-state index contributed by atoms with van der Waals surface area (Å²) in [5.41, 5.74) is 3.73. The molecule has 1 aromatic heterocycles. The summed E-state index contributed by atoms with van der Waals surface area (Å²) in [5, 5.41) is 0. The normalized spacial score (nSPS) is 16.0. The highest BCUT2D eigenvalue weighted by Gasteiger charge is 2.14. The van der Waals surface area contributed by atoms with E-state index in [9.17, 15) is 0 Å². The van der Waals surface area contributed by atoms with Gasteiger partial charge in [0, 0.05) is 18.3 Å². The van der Waals surface area contributed by atoms with E-state index in [1.54, 1.807) is 0 Å². The van der Waals surface area contributed by atoms with Crippen LogP contribution < -0.4 is 0 Å². The van der Waals surface area contributed by atoms with Crippen molar-refractivity contribution in [1.82, 2.24) is 9.88 Å². The van der Waals surface area contributed by atoms with Crippen LogP contribution in [0.3, 0.4) is 0 Å². The van der Waals surface area contributed by atoms with Gasteiger partial charge in [0.15, 0.2) is 0 Å². The van der Waals surface area contributed by atoms with Gasteiger partial charge in [0.2, 0.25) is 0 Å². The van der Waals surface area contributed by atoms with Gasteiger partial charge in [0.05, 0.1) is 5.69 Å². The highest BCUT2D eigenvalue weighted by atomic mass is 15.1. The summed E-state index contributed by atoms with van der Waals surface area (Å²) >= 11 is 0. The van der Waals surface area contributed by atoms with Crippen LogP contribution in [0.4, 0.5) is 0 Å². The van der Waals surface area contributed by atoms with Crippen LogP contribution in [0.15, 0.2) is 48.7 Å². The molecular weight excluding hydrogens is 220 g/mol. The van der Waals surface area contributed by atoms with Crippen molar-refractivity contribution in [2.24, 2.45) is 0 Å². The maximum absolute atomic E-state index is 4.47. The molecule has 1 aromatic carbocycles. The maximum atomic E-state index is 4.47. The average molecular weight is 238 g/mol. The number of pyridine rings is 1. The summed E-state index contributed by atoms with van der Waals surface area (Å²) < 4.78 is 0. The van der Waals surface area contributed by atoms with E-state index >= 15 is 0 Å². The first-order valence-corrected chi connectivity index (χ1v) is 6.65. The summed E-state index contributed by atoms with van der Waals surface area (Å²) in [6.45, 7) is 3.51. The molecule has 0 spiro atoms. The van der Waals surface area contributed by atoms with E-state index in [1.807, 2.05) is 12.3 Å². The summed E-state index contributed by atoms with van der Waals surface area (Å²) in [6, 6.07) is 14.7. The highest BCUT2D eigenvalue weighted by molar-refractivity contribution is 5.63. The van der Waals surface area contributed by atoms with E-state index in [4.69, 9.17) is 0 Å². The van der Waals surface area contributed by atoms with E-state index in [0.29, 0.717) is 0 Å². The Morgan fingerprint density at radius 1 is 0.944 bits per heavy atom. The van der Waals surface area contributed by atoms with Crippen LogP contribution >= 0.6 is 0 Å². The number of rotatable bonds is 3. The van der Waals surface area contributed by atoms with E-state index in [1.165, 1.54) is 37.1 Å². The Morgan fingerprint density at radius 2 is 1.72 bits per heavy atom. The molecule has 1 fully saturated rings. The van der Waals surface area contributed by atoms with Crippen LogP contribution in [-0.4, -0.2) is 23.0 Å². The lowest BCUT2D eigenvalue weighted by Gasteiger charge is -2.17. The van der Waals surface area contributed by atoms with Crippen molar-refractivity contribution < 1.29 is 0 Å². The first-order valence-electron chi connectivity index (χ1n) is 6.65. The molecule has 3 rings (SSSR count). The monoisotopic (exact) mass is 238 g/mol. The third kappa shape index (κ3) is 2.44. The molecule has 0 N–H and O–H groups in total. The van der Waals surface area contributed by atoms with Gasteiger partial charge in [-0.2, -0.15) is 0 Å². The first kappa shape index (κ1) is 11.4. The second kappa shape index (κ2) is 5.32. The molecule has 2 aromatic rings. The van der Waals surface area contributed by atoms with Gasteiger partial charge in [-0.05, 0) is 43.6 Å². The molecule has 2 nitrogen and oxygen atoms in total. The Bertz CT molecular complexity index is 502. The number of benzene rings is 1. The molecular formula is C16H18N2. The molecule has 0 unspecified atom stereocenters. The fourth-order valence-corrected chi connectivity index (χ4v) is 2.61. The summed E-state index contributed by atoms with van der Waals surface area (Å²) in [4.78, 5) is 7.00. The molecule has 2 heterocycles. The molecule has 18 heavy (non-hydrogen) atoms. The molecule has 0 radical (unpaired) electrons. The van der Waals surface area contributed by atoms with E-state index in [-0.39, 0.29) is 0 Å². The Kier molecular flexibility index (Phi) is 3.37.